The van der Waals surface area contributed by atoms with E-state index in [2.05, 4.69) is 10.6 Å². The molecule has 6 N–H and O–H groups in total. The molecule has 1 saturated heterocycles. The number of anilines is 2. The molecule has 0 bridgehead atoms. The molecule has 138 heavy (non-hydrogen) atoms. The van der Waals surface area contributed by atoms with Gasteiger partial charge in [0.05, 0.1) is 30.4 Å². The van der Waals surface area contributed by atoms with Crippen molar-refractivity contribution in [1.29, 1.82) is 0 Å². The van der Waals surface area contributed by atoms with E-state index in [1.54, 1.807) is 128 Å². The van der Waals surface area contributed by atoms with E-state index in [-0.39, 0.29) is 102 Å². The van der Waals surface area contributed by atoms with E-state index < -0.39 is 64.9 Å². The molecule has 21 nitrogen and oxygen atoms in total. The predicted molar refractivity (Wildman–Crippen MR) is 517 cm³/mol. The summed E-state index contributed by atoms with van der Waals surface area (Å²) in [5, 5.41) is 46.7. The maximum absolute atomic E-state index is 13.3. The topological polar surface area (TPSA) is 300 Å². The third-order valence-corrected chi connectivity index (χ3v) is 23.2. The number of cyclic esters (lactones) is 3. The Morgan fingerprint density at radius 2 is 0.841 bits per heavy atom. The Balaban J connectivity index is 0.000000216. The number of aliphatic carboxylic acids is 1. The number of aryl methyl sites for hydroxylation is 6. The van der Waals surface area contributed by atoms with Crippen molar-refractivity contribution >= 4 is 65.2 Å². The standard InChI is InChI=1S/C32H34FNO5.C31H32FNO5.C16H19FO3.C12H15FO.C11H14FNO2.C9H9FO2/c1-3-17-32(18-16-23-12-14-26(33)15-13-23)20-28(35)29(30(36)39-32)22(2)25-10-7-11-27(19-25)34-31(37)38-21-24-8-5-4-6-9-24;1-2-16-31(17-15-22-11-13-25(32)14-12-22)20-28(34)27(29(35)38-31)19-24-9-6-10-26(18-24)33-30(36)37-21-23-7-4-3-5-8-23;1-2-8-16(11-14(18)10-15(19)20-16)9-7-12-3-5-13(17)6-4-12;1-2-3-12(14)9-6-10-4-7-11(13)8-5-10;1-13(15-2)11(14)8-5-9-3-6-10(12)7-4-9;10-8-4-1-7(2-5-8)3-6-9(11)12/h4-15,19,22,35H,3,16-18,20-21H2,1-2H3,(H,34,37);3-14,18-19,28,34H,2,15-17,20-21H2,1H3,(H,33,36);3-6,10,18H,2,7-9,11H2,1H3;4-5,7-8H,2-3,6,9H2,1H3;3-4,6-7H,5,8H2,1-2H3;1-2,4-5H,3,6H2,(H,11,12). The third-order valence-electron chi connectivity index (χ3n) is 23.2. The normalized spacial score (nSPS) is 16.8. The van der Waals surface area contributed by atoms with Crippen LogP contribution in [0.4, 0.5) is 47.3 Å². The van der Waals surface area contributed by atoms with Crippen LogP contribution in [0.3, 0.4) is 0 Å². The number of amides is 3. The van der Waals surface area contributed by atoms with Crippen molar-refractivity contribution in [1.82, 2.24) is 5.06 Å². The Morgan fingerprint density at radius 1 is 0.449 bits per heavy atom. The van der Waals surface area contributed by atoms with E-state index in [1.165, 1.54) is 85.0 Å². The molecule has 0 spiro atoms. The van der Waals surface area contributed by atoms with Gasteiger partial charge in [0.25, 0.3) is 0 Å². The Hall–Kier alpha value is -13.9. The van der Waals surface area contributed by atoms with Gasteiger partial charge in [0.1, 0.15) is 82.2 Å². The first-order chi connectivity index (χ1) is 66.2. The number of carboxylic acid groups (broad SMARTS) is 1. The Labute approximate surface area is 802 Å². The van der Waals surface area contributed by atoms with Gasteiger partial charge >= 0.3 is 36.1 Å². The zero-order valence-electron chi connectivity index (χ0n) is 79.0. The van der Waals surface area contributed by atoms with Gasteiger partial charge < -0.3 is 44.1 Å². The number of hydroxylamine groups is 2. The van der Waals surface area contributed by atoms with Gasteiger partial charge in [0, 0.05) is 69.3 Å². The number of esters is 3. The summed E-state index contributed by atoms with van der Waals surface area (Å²) in [6, 6.07) is 69.9. The SMILES string of the molecule is CCCC(=O)CCc1ccc(F)cc1.CCCC1(CCc2ccc(F)cc2)CC(O)=C(C(C)c2cccc(NC(=O)OCc3ccccc3)c2)C(=O)O1.CCCC1(CCc2ccc(F)cc2)CC(O)=CC(=O)O1.CCCC1(CCc2ccc(F)cc2)CC(O)C(=Cc2cccc(NC(=O)OCc3ccccc3)c2)C(=O)O1.CON(C)C(=O)CCc1ccc(F)cc1.O=C(O)CCc1ccc(F)cc1. The summed E-state index contributed by atoms with van der Waals surface area (Å²) < 4.78 is 105. The lowest BCUT2D eigenvalue weighted by Gasteiger charge is -2.40. The zero-order chi connectivity index (χ0) is 100.0. The number of ketones is 1. The van der Waals surface area contributed by atoms with Gasteiger partial charge in [-0.1, -0.05) is 212 Å². The van der Waals surface area contributed by atoms with E-state index in [0.717, 1.165) is 88.3 Å². The van der Waals surface area contributed by atoms with Crippen LogP contribution < -0.4 is 10.6 Å². The lowest BCUT2D eigenvalue weighted by molar-refractivity contribution is -0.169. The number of aliphatic hydroxyl groups is 3. The summed E-state index contributed by atoms with van der Waals surface area (Å²) in [5.41, 5.74) is 7.96. The van der Waals surface area contributed by atoms with Crippen LogP contribution in [0.1, 0.15) is 205 Å². The molecule has 0 saturated carbocycles. The van der Waals surface area contributed by atoms with Gasteiger partial charge in [0.15, 0.2) is 0 Å². The monoisotopic (exact) mass is 1900 g/mol. The number of hydrogen-bond donors (Lipinski definition) is 6. The van der Waals surface area contributed by atoms with E-state index in [4.69, 9.17) is 33.6 Å². The fourth-order valence-electron chi connectivity index (χ4n) is 15.8. The number of nitrogens with one attached hydrogen (secondary N) is 2. The van der Waals surface area contributed by atoms with Crippen LogP contribution in [0.2, 0.25) is 0 Å². The van der Waals surface area contributed by atoms with Crippen LogP contribution in [0, 0.1) is 34.9 Å². The molecule has 0 aliphatic carbocycles. The van der Waals surface area contributed by atoms with Crippen molar-refractivity contribution in [3.8, 4) is 0 Å². The van der Waals surface area contributed by atoms with Crippen LogP contribution >= 0.6 is 0 Å². The van der Waals surface area contributed by atoms with Gasteiger partial charge in [-0.15, -0.1) is 0 Å². The lowest BCUT2D eigenvalue weighted by Crippen LogP contribution is -2.46. The van der Waals surface area contributed by atoms with Crippen molar-refractivity contribution in [2.24, 2.45) is 0 Å². The van der Waals surface area contributed by atoms with Gasteiger partial charge in [-0.3, -0.25) is 29.9 Å². The maximum atomic E-state index is 13.3. The van der Waals surface area contributed by atoms with Crippen LogP contribution in [0.5, 0.6) is 0 Å². The van der Waals surface area contributed by atoms with Crippen molar-refractivity contribution < 1.29 is 114 Å². The summed E-state index contributed by atoms with van der Waals surface area (Å²) in [7, 11) is 3.00. The Morgan fingerprint density at radius 3 is 1.25 bits per heavy atom. The van der Waals surface area contributed by atoms with Crippen molar-refractivity contribution in [2.75, 3.05) is 24.8 Å². The third kappa shape index (κ3) is 38.3. The average Bonchev–Trinajstić information content (AvgIpc) is 0.779. The fraction of sp³-hybridized carbons (Fsp3) is 0.333. The number of ether oxygens (including phenoxy) is 5. The predicted octanol–water partition coefficient (Wildman–Crippen LogP) is 24.5. The minimum Gasteiger partial charge on any atom is -0.512 e. The van der Waals surface area contributed by atoms with Crippen molar-refractivity contribution in [2.45, 2.75) is 224 Å². The summed E-state index contributed by atoms with van der Waals surface area (Å²) in [4.78, 5) is 99.8. The molecule has 3 amide bonds. The smallest absolute Gasteiger partial charge is 0.411 e. The van der Waals surface area contributed by atoms with Gasteiger partial charge in [0.2, 0.25) is 5.91 Å². The summed E-state index contributed by atoms with van der Waals surface area (Å²) in [5.74, 6) is -4.24. The highest BCUT2D eigenvalue weighted by Crippen LogP contribution is 2.43. The molecule has 0 aromatic heterocycles. The van der Waals surface area contributed by atoms with E-state index in [0.29, 0.717) is 113 Å². The number of aliphatic hydroxyl groups excluding tert-OH is 3. The molecule has 3 aliphatic rings. The van der Waals surface area contributed by atoms with Crippen LogP contribution in [0.15, 0.2) is 284 Å². The first-order valence-electron chi connectivity index (χ1n) is 46.3. The molecule has 732 valence electrons. The quantitative estimate of drug-likeness (QED) is 0.00699. The Kier molecular flexibility index (Phi) is 44.8. The molecular formula is C111H123F6N3O18. The van der Waals surface area contributed by atoms with E-state index in [1.807, 2.05) is 101 Å². The molecule has 0 radical (unpaired) electrons. The average molecular weight is 1900 g/mol. The van der Waals surface area contributed by atoms with E-state index >= 15 is 0 Å². The number of rotatable bonds is 36. The second kappa shape index (κ2) is 56.6. The summed E-state index contributed by atoms with van der Waals surface area (Å²) in [6.07, 6.45) is 13.7. The molecule has 27 heteroatoms. The van der Waals surface area contributed by atoms with Crippen LogP contribution in [0.25, 0.3) is 6.08 Å². The molecule has 10 aromatic carbocycles. The molecule has 5 atom stereocenters. The fourth-order valence-corrected chi connectivity index (χ4v) is 15.8. The minimum atomic E-state index is -0.997. The second-order valence-electron chi connectivity index (χ2n) is 34.0. The molecule has 10 aromatic rings. The zero-order valence-corrected chi connectivity index (χ0v) is 79.0. The highest BCUT2D eigenvalue weighted by molar-refractivity contribution is 5.96. The number of hydrogen-bond acceptors (Lipinski definition) is 17. The van der Waals surface area contributed by atoms with Gasteiger partial charge in [-0.05, 0) is 242 Å². The number of Topliss-reactive ketones (excluding diaryl/α,β-unsaturated/α-hetero) is 1. The van der Waals surface area contributed by atoms with Crippen molar-refractivity contribution in [3.05, 3.63) is 374 Å². The molecule has 3 heterocycles. The first kappa shape index (κ1) is 109. The number of carbonyl (C=O) groups is 8. The summed E-state index contributed by atoms with van der Waals surface area (Å²) in [6.45, 7) is 10.2. The molecule has 13 rings (SSSR count). The number of nitrogens with zero attached hydrogens (tertiary/aromatic N) is 1. The second-order valence-corrected chi connectivity index (χ2v) is 34.0. The highest BCUT2D eigenvalue weighted by Gasteiger charge is 2.45. The number of carbonyl (C=O) groups excluding carboxylic acids is 7. The molecular weight excluding hydrogens is 1780 g/mol. The van der Waals surface area contributed by atoms with E-state index in [9.17, 15) is 80.0 Å². The first-order valence-corrected chi connectivity index (χ1v) is 46.3. The molecule has 3 aliphatic heterocycles. The van der Waals surface area contributed by atoms with Crippen LogP contribution in [-0.2, 0) is 109 Å². The Bertz CT molecular complexity index is 5640. The largest absolute Gasteiger partial charge is 0.512 e. The maximum Gasteiger partial charge on any atom is 0.411 e. The van der Waals surface area contributed by atoms with Gasteiger partial charge in [-0.25, -0.2) is 55.4 Å². The number of benzene rings is 10. The summed E-state index contributed by atoms with van der Waals surface area (Å²) >= 11 is 0. The molecule has 5 unspecified atom stereocenters. The minimum absolute atomic E-state index is 0.0203. The van der Waals surface area contributed by atoms with Crippen LogP contribution in [-0.4, -0.2) is 110 Å². The number of halogens is 6. The highest BCUT2D eigenvalue weighted by atomic mass is 19.1. The number of carboxylic acids is 1. The van der Waals surface area contributed by atoms with Crippen molar-refractivity contribution in [3.63, 3.8) is 0 Å². The lowest BCUT2D eigenvalue weighted by atomic mass is 9.81. The van der Waals surface area contributed by atoms with Gasteiger partial charge in [-0.2, -0.15) is 0 Å². The molecule has 1 fully saturated rings.